The van der Waals surface area contributed by atoms with Crippen LogP contribution < -0.4 is 9.89 Å². The molecule has 0 amide bonds. The van der Waals surface area contributed by atoms with Crippen molar-refractivity contribution in [2.45, 2.75) is 38.4 Å². The fourth-order valence-corrected chi connectivity index (χ4v) is 8.05. The summed E-state index contributed by atoms with van der Waals surface area (Å²) in [6, 6.07) is 18.3. The molecule has 0 aliphatic carbocycles. The first-order chi connectivity index (χ1) is 15.4. The molecule has 0 fully saturated rings. The summed E-state index contributed by atoms with van der Waals surface area (Å²) in [5, 5.41) is 0. The summed E-state index contributed by atoms with van der Waals surface area (Å²) >= 11 is -1.55. The fraction of sp³-hybridized carbons (Fsp3) is 0.250. The van der Waals surface area contributed by atoms with Gasteiger partial charge in [-0.25, -0.2) is 0 Å². The van der Waals surface area contributed by atoms with E-state index in [0.29, 0.717) is 18.3 Å². The van der Waals surface area contributed by atoms with Gasteiger partial charge in [-0.15, -0.1) is 0 Å². The van der Waals surface area contributed by atoms with E-state index in [1.807, 2.05) is 19.1 Å². The van der Waals surface area contributed by atoms with E-state index >= 15 is 0 Å². The Kier molecular flexibility index (Phi) is 7.79. The van der Waals surface area contributed by atoms with Gasteiger partial charge in [0.05, 0.1) is 0 Å². The molecule has 33 heavy (non-hydrogen) atoms. The summed E-state index contributed by atoms with van der Waals surface area (Å²) < 4.78 is 68.9. The van der Waals surface area contributed by atoms with Crippen LogP contribution in [0.1, 0.15) is 39.9 Å². The number of hydrogen-bond donors (Lipinski definition) is 1. The number of benzene rings is 3. The second-order valence-electron chi connectivity index (χ2n) is 7.75. The Morgan fingerprint density at radius 3 is 1.76 bits per heavy atom. The maximum absolute atomic E-state index is 13.9. The number of alkyl halides is 3. The van der Waals surface area contributed by atoms with Crippen molar-refractivity contribution in [1.29, 1.82) is 0 Å². The van der Waals surface area contributed by atoms with Gasteiger partial charge < -0.3 is 0 Å². The average molecular weight is 564 g/mol. The molecule has 0 saturated heterocycles. The van der Waals surface area contributed by atoms with E-state index in [1.54, 1.807) is 74.5 Å². The van der Waals surface area contributed by atoms with E-state index in [0.717, 1.165) is 16.7 Å². The molecule has 2 N–H and O–H groups in total. The Balaban J connectivity index is 2.25. The number of nitrogens with zero attached hydrogens (tertiary/aromatic N) is 1. The number of rotatable bonds is 7. The third-order valence-electron chi connectivity index (χ3n) is 5.11. The molecule has 0 saturated carbocycles. The second-order valence-corrected chi connectivity index (χ2v) is 12.2. The Morgan fingerprint density at radius 1 is 0.848 bits per heavy atom. The van der Waals surface area contributed by atoms with E-state index in [9.17, 15) is 21.6 Å². The first kappa shape index (κ1) is 25.6. The monoisotopic (exact) mass is 564 g/mol. The number of hydrogen-bond acceptors (Lipinski definition) is 3. The van der Waals surface area contributed by atoms with Crippen LogP contribution in [-0.2, 0) is 27.4 Å². The van der Waals surface area contributed by atoms with Gasteiger partial charge in [-0.1, -0.05) is 0 Å². The topological polar surface area (TPSA) is 63.4 Å². The van der Waals surface area contributed by atoms with Crippen LogP contribution in [0.3, 0.4) is 0 Å². The first-order valence-electron chi connectivity index (χ1n) is 10.1. The third kappa shape index (κ3) is 5.54. The van der Waals surface area contributed by atoms with Crippen LogP contribution in [0.5, 0.6) is 0 Å². The minimum atomic E-state index is -5.69. The van der Waals surface area contributed by atoms with Crippen LogP contribution in [-0.4, -0.2) is 17.0 Å². The van der Waals surface area contributed by atoms with Crippen molar-refractivity contribution >= 4 is 14.2 Å². The van der Waals surface area contributed by atoms with Crippen molar-refractivity contribution in [3.8, 4) is 0 Å². The predicted octanol–water partition coefficient (Wildman–Crippen LogP) is 4.83. The van der Waals surface area contributed by atoms with Crippen LogP contribution in [0.2, 0.25) is 0 Å². The number of aryl methyl sites for hydroxylation is 3. The number of nitrogens with two attached hydrogens (primary N) is 1. The molecule has 3 rings (SSSR count). The van der Waals surface area contributed by atoms with Crippen LogP contribution >= 0.6 is 0 Å². The van der Waals surface area contributed by atoms with Crippen molar-refractivity contribution in [3.63, 3.8) is 0 Å². The molecule has 178 valence electrons. The maximum atomic E-state index is 13.9. The van der Waals surface area contributed by atoms with Gasteiger partial charge in [-0.2, -0.15) is 0 Å². The number of halogens is 3. The zero-order chi connectivity index (χ0) is 24.4. The van der Waals surface area contributed by atoms with E-state index in [4.69, 9.17) is 5.73 Å². The summed E-state index contributed by atoms with van der Waals surface area (Å²) in [5.74, 6) is 0. The van der Waals surface area contributed by atoms with E-state index in [1.165, 1.54) is 0 Å². The summed E-state index contributed by atoms with van der Waals surface area (Å²) in [6.07, 6.45) is 0. The molecule has 2 atom stereocenters. The van der Waals surface area contributed by atoms with Crippen molar-refractivity contribution in [2.75, 3.05) is 0 Å². The van der Waals surface area contributed by atoms with Crippen molar-refractivity contribution in [3.05, 3.63) is 101 Å². The summed E-state index contributed by atoms with van der Waals surface area (Å²) in [6.45, 7) is 5.47. The first-order valence-corrected chi connectivity index (χ1v) is 13.2. The molecule has 0 aliphatic rings. The van der Waals surface area contributed by atoms with Crippen molar-refractivity contribution < 1.29 is 39.0 Å². The molecule has 0 aliphatic heterocycles. The average Bonchev–Trinajstić information content (AvgIpc) is 2.75. The zero-order valence-electron chi connectivity index (χ0n) is 18.3. The van der Waals surface area contributed by atoms with E-state index in [-0.39, 0.29) is 0 Å². The second kappa shape index (κ2) is 10.1. The van der Waals surface area contributed by atoms with Crippen molar-refractivity contribution in [2.24, 2.45) is 5.73 Å². The van der Waals surface area contributed by atoms with E-state index < -0.39 is 45.0 Å². The molecule has 0 spiro atoms. The molecule has 0 heterocycles. The van der Waals surface area contributed by atoms with Gasteiger partial charge in [-0.05, 0) is 0 Å². The Labute approximate surface area is 200 Å². The zero-order valence-corrected chi connectivity index (χ0v) is 20.9. The SMILES string of the molecule is Cc1cc(C)[c]([Ru][N](C(c2ccccc2)C(N)c2ccccc2)S(=O)(=O)C(F)(F)F)c(C)c1. The van der Waals surface area contributed by atoms with Gasteiger partial charge in [0, 0.05) is 0 Å². The van der Waals surface area contributed by atoms with Gasteiger partial charge in [-0.3, -0.25) is 0 Å². The molecule has 4 nitrogen and oxygen atoms in total. The predicted molar refractivity (Wildman–Crippen MR) is 120 cm³/mol. The Bertz CT molecular complexity index is 1180. The van der Waals surface area contributed by atoms with Crippen LogP contribution in [0.4, 0.5) is 13.2 Å². The normalized spacial score (nSPS) is 14.4. The molecule has 0 radical (unpaired) electrons. The number of sulfonamides is 1. The van der Waals surface area contributed by atoms with Gasteiger partial charge in [0.1, 0.15) is 0 Å². The van der Waals surface area contributed by atoms with Crippen LogP contribution in [0.15, 0.2) is 72.8 Å². The van der Waals surface area contributed by atoms with Gasteiger partial charge >= 0.3 is 201 Å². The van der Waals surface area contributed by atoms with Crippen molar-refractivity contribution in [1.82, 2.24) is 3.05 Å². The fourth-order valence-electron chi connectivity index (χ4n) is 3.65. The minimum absolute atomic E-state index is 0.401. The summed E-state index contributed by atoms with van der Waals surface area (Å²) in [7, 11) is -5.69. The molecule has 2 unspecified atom stereocenters. The molecular formula is C24H25F3N2O2RuS. The standard InChI is InChI=1S/C15H14F3N2O2S.C9H11.Ru/c16-15(17,18)23(21,22)20-14(12-9-5-2-6-10-12)13(19)11-7-3-1-4-8-11;1-7-4-8(2)6-9(3)5-7;/h1-10,13-14H,19H2;4-5H,1-3H3;/q-1;;+1. The summed E-state index contributed by atoms with van der Waals surface area (Å²) in [5.41, 5.74) is 4.47. The van der Waals surface area contributed by atoms with E-state index in [2.05, 4.69) is 0 Å². The van der Waals surface area contributed by atoms with Gasteiger partial charge in [0.2, 0.25) is 0 Å². The summed E-state index contributed by atoms with van der Waals surface area (Å²) in [4.78, 5) is 0. The Hall–Kier alpha value is -2.06. The quantitative estimate of drug-likeness (QED) is 0.419. The Morgan fingerprint density at radius 2 is 1.30 bits per heavy atom. The van der Waals surface area contributed by atoms with Gasteiger partial charge in [0.15, 0.2) is 0 Å². The molecule has 0 bridgehead atoms. The van der Waals surface area contributed by atoms with Crippen LogP contribution in [0, 0.1) is 20.8 Å². The molecular weight excluding hydrogens is 538 g/mol. The molecule has 3 aromatic rings. The molecule has 9 heteroatoms. The van der Waals surface area contributed by atoms with Gasteiger partial charge in [0.25, 0.3) is 0 Å². The molecule has 0 aromatic heterocycles. The third-order valence-corrected chi connectivity index (χ3v) is 10.6. The molecule has 3 aromatic carbocycles. The van der Waals surface area contributed by atoms with Crippen LogP contribution in [0.25, 0.3) is 0 Å².